The molecule has 3 nitrogen and oxygen atoms in total. The van der Waals surface area contributed by atoms with Crippen LogP contribution in [0.2, 0.25) is 0 Å². The zero-order valence-electron chi connectivity index (χ0n) is 10.8. The molecule has 0 fully saturated rings. The van der Waals surface area contributed by atoms with Crippen LogP contribution in [-0.4, -0.2) is 12.2 Å². The molecule has 0 unspecified atom stereocenters. The molecule has 1 atom stereocenters. The van der Waals surface area contributed by atoms with Crippen LogP contribution in [-0.2, 0) is 0 Å². The fraction of sp³-hybridized carbons (Fsp3) is 0.200. The van der Waals surface area contributed by atoms with Gasteiger partial charge >= 0.3 is 0 Å². The Hall–Kier alpha value is -2.07. The SMILES string of the molecule is COc1ccccc1Oc1cccc(F)c1[C@@H](C)O. The first-order valence-corrected chi connectivity index (χ1v) is 5.91. The number of aliphatic hydroxyl groups is 1. The average molecular weight is 262 g/mol. The molecule has 0 bridgehead atoms. The van der Waals surface area contributed by atoms with Gasteiger partial charge in [0.2, 0.25) is 0 Å². The zero-order valence-corrected chi connectivity index (χ0v) is 10.8. The van der Waals surface area contributed by atoms with Crippen molar-refractivity contribution < 1.29 is 19.0 Å². The highest BCUT2D eigenvalue weighted by atomic mass is 19.1. The van der Waals surface area contributed by atoms with Gasteiger partial charge in [0.25, 0.3) is 0 Å². The molecular formula is C15H15FO3. The smallest absolute Gasteiger partial charge is 0.169 e. The largest absolute Gasteiger partial charge is 0.493 e. The van der Waals surface area contributed by atoms with Gasteiger partial charge < -0.3 is 14.6 Å². The van der Waals surface area contributed by atoms with Crippen molar-refractivity contribution >= 4 is 0 Å². The molecule has 0 aliphatic rings. The molecule has 2 aromatic carbocycles. The molecule has 19 heavy (non-hydrogen) atoms. The summed E-state index contributed by atoms with van der Waals surface area (Å²) in [5.41, 5.74) is 0.133. The quantitative estimate of drug-likeness (QED) is 0.913. The van der Waals surface area contributed by atoms with Gasteiger partial charge in [-0.3, -0.25) is 0 Å². The molecule has 2 aromatic rings. The third-order valence-electron chi connectivity index (χ3n) is 2.72. The van der Waals surface area contributed by atoms with Gasteiger partial charge in [-0.15, -0.1) is 0 Å². The number of rotatable bonds is 4. The Morgan fingerprint density at radius 2 is 1.63 bits per heavy atom. The summed E-state index contributed by atoms with van der Waals surface area (Å²) >= 11 is 0. The van der Waals surface area contributed by atoms with Crippen molar-refractivity contribution in [2.45, 2.75) is 13.0 Å². The van der Waals surface area contributed by atoms with Crippen molar-refractivity contribution in [1.82, 2.24) is 0 Å². The second-order valence-electron chi connectivity index (χ2n) is 4.08. The van der Waals surface area contributed by atoms with E-state index in [9.17, 15) is 9.50 Å². The number of aliphatic hydroxyl groups excluding tert-OH is 1. The maximum atomic E-state index is 13.7. The van der Waals surface area contributed by atoms with E-state index in [0.29, 0.717) is 11.5 Å². The van der Waals surface area contributed by atoms with Crippen LogP contribution in [0.15, 0.2) is 42.5 Å². The molecule has 0 aliphatic heterocycles. The predicted octanol–water partition coefficient (Wildman–Crippen LogP) is 3.68. The van der Waals surface area contributed by atoms with Crippen LogP contribution in [0.5, 0.6) is 17.2 Å². The Kier molecular flexibility index (Phi) is 4.02. The highest BCUT2D eigenvalue weighted by Crippen LogP contribution is 2.35. The van der Waals surface area contributed by atoms with Crippen LogP contribution in [0, 0.1) is 5.82 Å². The fourth-order valence-electron chi connectivity index (χ4n) is 1.83. The van der Waals surface area contributed by atoms with Gasteiger partial charge in [0.1, 0.15) is 11.6 Å². The van der Waals surface area contributed by atoms with Crippen LogP contribution in [0.25, 0.3) is 0 Å². The molecular weight excluding hydrogens is 247 g/mol. The van der Waals surface area contributed by atoms with Crippen molar-refractivity contribution in [2.24, 2.45) is 0 Å². The minimum Gasteiger partial charge on any atom is -0.493 e. The first-order chi connectivity index (χ1) is 9.13. The number of benzene rings is 2. The standard InChI is InChI=1S/C15H15FO3/c1-10(17)15-11(16)6-5-9-14(15)19-13-8-4-3-7-12(13)18-2/h3-10,17H,1-2H3/t10-/m1/s1. The molecule has 0 heterocycles. The molecule has 0 radical (unpaired) electrons. The number of halogens is 1. The maximum absolute atomic E-state index is 13.7. The molecule has 0 spiro atoms. The van der Waals surface area contributed by atoms with Crippen molar-refractivity contribution in [3.63, 3.8) is 0 Å². The first-order valence-electron chi connectivity index (χ1n) is 5.91. The number of hydrogen-bond donors (Lipinski definition) is 1. The van der Waals surface area contributed by atoms with E-state index >= 15 is 0 Å². The molecule has 0 aromatic heterocycles. The van der Waals surface area contributed by atoms with Crippen molar-refractivity contribution in [1.29, 1.82) is 0 Å². The summed E-state index contributed by atoms with van der Waals surface area (Å²) in [7, 11) is 1.53. The molecule has 0 saturated heterocycles. The molecule has 2 rings (SSSR count). The second kappa shape index (κ2) is 5.71. The topological polar surface area (TPSA) is 38.7 Å². The van der Waals surface area contributed by atoms with Gasteiger partial charge in [-0.1, -0.05) is 18.2 Å². The van der Waals surface area contributed by atoms with E-state index in [2.05, 4.69) is 0 Å². The van der Waals surface area contributed by atoms with Crippen molar-refractivity contribution in [3.05, 3.63) is 53.8 Å². The van der Waals surface area contributed by atoms with Gasteiger partial charge in [-0.25, -0.2) is 4.39 Å². The summed E-state index contributed by atoms with van der Waals surface area (Å²) in [4.78, 5) is 0. The van der Waals surface area contributed by atoms with Crippen LogP contribution >= 0.6 is 0 Å². The van der Waals surface area contributed by atoms with Crippen LogP contribution < -0.4 is 9.47 Å². The van der Waals surface area contributed by atoms with Crippen molar-refractivity contribution in [3.8, 4) is 17.2 Å². The van der Waals surface area contributed by atoms with Gasteiger partial charge in [-0.2, -0.15) is 0 Å². The normalized spacial score (nSPS) is 12.0. The van der Waals surface area contributed by atoms with Gasteiger partial charge in [0.15, 0.2) is 11.5 Å². The number of ether oxygens (including phenoxy) is 2. The van der Waals surface area contributed by atoms with Crippen molar-refractivity contribution in [2.75, 3.05) is 7.11 Å². The Morgan fingerprint density at radius 1 is 1.00 bits per heavy atom. The van der Waals surface area contributed by atoms with E-state index in [1.165, 1.54) is 26.2 Å². The summed E-state index contributed by atoms with van der Waals surface area (Å²) in [5.74, 6) is 0.794. The zero-order chi connectivity index (χ0) is 13.8. The predicted molar refractivity (Wildman–Crippen MR) is 70.1 cm³/mol. The third kappa shape index (κ3) is 2.85. The molecule has 0 saturated carbocycles. The molecule has 1 N–H and O–H groups in total. The minimum absolute atomic E-state index is 0.133. The van der Waals surface area contributed by atoms with E-state index in [1.807, 2.05) is 6.07 Å². The monoisotopic (exact) mass is 262 g/mol. The van der Waals surface area contributed by atoms with Gasteiger partial charge in [0, 0.05) is 0 Å². The van der Waals surface area contributed by atoms with Crippen LogP contribution in [0.1, 0.15) is 18.6 Å². The lowest BCUT2D eigenvalue weighted by Crippen LogP contribution is -2.00. The lowest BCUT2D eigenvalue weighted by Gasteiger charge is -2.15. The lowest BCUT2D eigenvalue weighted by atomic mass is 10.1. The summed E-state index contributed by atoms with van der Waals surface area (Å²) in [6, 6.07) is 11.5. The highest BCUT2D eigenvalue weighted by molar-refractivity contribution is 5.45. The fourth-order valence-corrected chi connectivity index (χ4v) is 1.83. The van der Waals surface area contributed by atoms with E-state index in [4.69, 9.17) is 9.47 Å². The molecule has 0 aliphatic carbocycles. The Labute approximate surface area is 111 Å². The first kappa shape index (κ1) is 13.4. The van der Waals surface area contributed by atoms with Crippen LogP contribution in [0.4, 0.5) is 4.39 Å². The number of methoxy groups -OCH3 is 1. The summed E-state index contributed by atoms with van der Waals surface area (Å²) in [5, 5.41) is 9.64. The Morgan fingerprint density at radius 3 is 2.26 bits per heavy atom. The van der Waals surface area contributed by atoms with E-state index in [1.54, 1.807) is 24.3 Å². The molecule has 100 valence electrons. The summed E-state index contributed by atoms with van der Waals surface area (Å²) < 4.78 is 24.5. The van der Waals surface area contributed by atoms with Gasteiger partial charge in [-0.05, 0) is 31.2 Å². The lowest BCUT2D eigenvalue weighted by molar-refractivity contribution is 0.190. The molecule has 0 amide bonds. The van der Waals surface area contributed by atoms with E-state index in [0.717, 1.165) is 0 Å². The maximum Gasteiger partial charge on any atom is 0.169 e. The Balaban J connectivity index is 2.41. The second-order valence-corrected chi connectivity index (χ2v) is 4.08. The van der Waals surface area contributed by atoms with Crippen LogP contribution in [0.3, 0.4) is 0 Å². The summed E-state index contributed by atoms with van der Waals surface area (Å²) in [6.45, 7) is 1.49. The van der Waals surface area contributed by atoms with E-state index in [-0.39, 0.29) is 11.3 Å². The number of para-hydroxylation sites is 2. The molecule has 4 heteroatoms. The summed E-state index contributed by atoms with van der Waals surface area (Å²) in [6.07, 6.45) is -0.953. The Bertz CT molecular complexity index is 567. The van der Waals surface area contributed by atoms with E-state index < -0.39 is 11.9 Å². The minimum atomic E-state index is -0.953. The third-order valence-corrected chi connectivity index (χ3v) is 2.72. The average Bonchev–Trinajstić information content (AvgIpc) is 2.39. The van der Waals surface area contributed by atoms with Gasteiger partial charge in [0.05, 0.1) is 18.8 Å². The number of hydrogen-bond acceptors (Lipinski definition) is 3. The highest BCUT2D eigenvalue weighted by Gasteiger charge is 2.16.